The molecule has 0 radical (unpaired) electrons. The van der Waals surface area contributed by atoms with Gasteiger partial charge in [0.15, 0.2) is 0 Å². The van der Waals surface area contributed by atoms with Gasteiger partial charge in [0.05, 0.1) is 4.90 Å². The molecule has 1 N–H and O–H groups in total. The third kappa shape index (κ3) is 4.05. The molecule has 0 bridgehead atoms. The van der Waals surface area contributed by atoms with Crippen LogP contribution >= 0.6 is 0 Å². The summed E-state index contributed by atoms with van der Waals surface area (Å²) in [5.74, 6) is 0. The second-order valence-corrected chi connectivity index (χ2v) is 8.04. The van der Waals surface area contributed by atoms with E-state index in [-0.39, 0.29) is 0 Å². The number of aryl methyl sites for hydroxylation is 2. The van der Waals surface area contributed by atoms with Crippen molar-refractivity contribution in [3.8, 4) is 0 Å². The van der Waals surface area contributed by atoms with Gasteiger partial charge in [-0.1, -0.05) is 24.1 Å². The van der Waals surface area contributed by atoms with Gasteiger partial charge in [-0.15, -0.1) is 0 Å². The molecular weight excluding hydrogens is 284 g/mol. The van der Waals surface area contributed by atoms with Crippen LogP contribution in [0.25, 0.3) is 0 Å². The van der Waals surface area contributed by atoms with E-state index in [1.807, 2.05) is 26.0 Å². The Bertz CT molecular complexity index is 578. The first-order valence-electron chi connectivity index (χ1n) is 7.68. The molecule has 4 nitrogen and oxygen atoms in total. The van der Waals surface area contributed by atoms with Gasteiger partial charge in [-0.3, -0.25) is 0 Å². The molecule has 21 heavy (non-hydrogen) atoms. The number of nitrogens with one attached hydrogen (secondary N) is 1. The molecule has 1 aromatic rings. The van der Waals surface area contributed by atoms with Crippen LogP contribution in [0.5, 0.6) is 0 Å². The van der Waals surface area contributed by atoms with Crippen molar-refractivity contribution < 1.29 is 8.42 Å². The number of piperidine rings is 1. The lowest BCUT2D eigenvalue weighted by Gasteiger charge is -2.26. The predicted octanol–water partition coefficient (Wildman–Crippen LogP) is 2.46. The Morgan fingerprint density at radius 3 is 2.67 bits per heavy atom. The quantitative estimate of drug-likeness (QED) is 0.909. The lowest BCUT2D eigenvalue weighted by molar-refractivity contribution is 0.351. The minimum absolute atomic E-state index is 0.423. The summed E-state index contributed by atoms with van der Waals surface area (Å²) in [6.07, 6.45) is 4.50. The van der Waals surface area contributed by atoms with Gasteiger partial charge in [0.2, 0.25) is 10.0 Å². The van der Waals surface area contributed by atoms with Crippen LogP contribution in [-0.2, 0) is 10.0 Å². The molecular formula is C16H26N2O2S. The van der Waals surface area contributed by atoms with E-state index in [9.17, 15) is 8.42 Å². The second kappa shape index (κ2) is 6.90. The zero-order valence-corrected chi connectivity index (χ0v) is 14.0. The van der Waals surface area contributed by atoms with Crippen LogP contribution < -0.4 is 5.32 Å². The second-order valence-electron chi connectivity index (χ2n) is 6.03. The summed E-state index contributed by atoms with van der Waals surface area (Å²) in [6, 6.07) is 5.95. The zero-order valence-electron chi connectivity index (χ0n) is 13.2. The lowest BCUT2D eigenvalue weighted by atomic mass is 10.0. The summed E-state index contributed by atoms with van der Waals surface area (Å²) in [5, 5.41) is 3.46. The average Bonchev–Trinajstić information content (AvgIpc) is 2.45. The Labute approximate surface area is 128 Å². The molecule has 1 aliphatic heterocycles. The van der Waals surface area contributed by atoms with E-state index in [0.29, 0.717) is 17.5 Å². The van der Waals surface area contributed by atoms with E-state index >= 15 is 0 Å². The van der Waals surface area contributed by atoms with Crippen molar-refractivity contribution in [2.75, 3.05) is 20.1 Å². The highest BCUT2D eigenvalue weighted by Crippen LogP contribution is 2.21. The van der Waals surface area contributed by atoms with Gasteiger partial charge < -0.3 is 5.32 Å². The van der Waals surface area contributed by atoms with E-state index in [4.69, 9.17) is 0 Å². The molecule has 118 valence electrons. The van der Waals surface area contributed by atoms with Crippen LogP contribution in [-0.4, -0.2) is 38.9 Å². The topological polar surface area (TPSA) is 49.4 Å². The number of benzene rings is 1. The Hall–Kier alpha value is -0.910. The van der Waals surface area contributed by atoms with E-state index < -0.39 is 10.0 Å². The number of rotatable bonds is 5. The molecule has 5 heteroatoms. The van der Waals surface area contributed by atoms with Gasteiger partial charge in [0, 0.05) is 19.6 Å². The fraction of sp³-hybridized carbons (Fsp3) is 0.625. The molecule has 2 rings (SSSR count). The monoisotopic (exact) mass is 310 g/mol. The average molecular weight is 310 g/mol. The molecule has 1 fully saturated rings. The minimum Gasteiger partial charge on any atom is -0.314 e. The number of hydrogen-bond donors (Lipinski definition) is 1. The van der Waals surface area contributed by atoms with Crippen LogP contribution in [0.15, 0.2) is 23.1 Å². The molecule has 0 aromatic heterocycles. The minimum atomic E-state index is -3.38. The maximum Gasteiger partial charge on any atom is 0.243 e. The van der Waals surface area contributed by atoms with E-state index in [1.54, 1.807) is 13.1 Å². The van der Waals surface area contributed by atoms with Crippen molar-refractivity contribution in [2.24, 2.45) is 0 Å². The van der Waals surface area contributed by atoms with Gasteiger partial charge >= 0.3 is 0 Å². The van der Waals surface area contributed by atoms with Gasteiger partial charge in [-0.2, -0.15) is 0 Å². The SMILES string of the molecule is Cc1ccc(S(=O)(=O)N(C)CCC2CCCCN2)c(C)c1. The van der Waals surface area contributed by atoms with Crippen LogP contribution in [0, 0.1) is 13.8 Å². The van der Waals surface area contributed by atoms with Gasteiger partial charge in [-0.05, 0) is 51.3 Å². The lowest BCUT2D eigenvalue weighted by Crippen LogP contribution is -2.38. The van der Waals surface area contributed by atoms with Crippen LogP contribution in [0.4, 0.5) is 0 Å². The number of nitrogens with zero attached hydrogens (tertiary/aromatic N) is 1. The molecule has 0 spiro atoms. The number of hydrogen-bond acceptors (Lipinski definition) is 3. The van der Waals surface area contributed by atoms with E-state index in [0.717, 1.165) is 30.5 Å². The normalized spacial score (nSPS) is 19.9. The third-order valence-electron chi connectivity index (χ3n) is 4.22. The molecule has 1 saturated heterocycles. The number of sulfonamides is 1. The fourth-order valence-electron chi connectivity index (χ4n) is 2.88. The summed E-state index contributed by atoms with van der Waals surface area (Å²) in [5.41, 5.74) is 1.90. The summed E-state index contributed by atoms with van der Waals surface area (Å²) in [6.45, 7) is 5.45. The molecule has 1 unspecified atom stereocenters. The Balaban J connectivity index is 2.04. The van der Waals surface area contributed by atoms with Crippen molar-refractivity contribution in [3.05, 3.63) is 29.3 Å². The molecule has 1 aromatic carbocycles. The fourth-order valence-corrected chi connectivity index (χ4v) is 4.27. The molecule has 1 heterocycles. The first-order valence-corrected chi connectivity index (χ1v) is 9.12. The standard InChI is InChI=1S/C16H26N2O2S/c1-13-7-8-16(14(2)12-13)21(19,20)18(3)11-9-15-6-4-5-10-17-15/h7-8,12,15,17H,4-6,9-11H2,1-3H3. The zero-order chi connectivity index (χ0) is 15.5. The van der Waals surface area contributed by atoms with E-state index in [1.165, 1.54) is 17.1 Å². The van der Waals surface area contributed by atoms with Crippen molar-refractivity contribution in [1.29, 1.82) is 0 Å². The van der Waals surface area contributed by atoms with Crippen molar-refractivity contribution in [1.82, 2.24) is 9.62 Å². The van der Waals surface area contributed by atoms with Gasteiger partial charge in [0.25, 0.3) is 0 Å². The Kier molecular flexibility index (Phi) is 5.41. The predicted molar refractivity (Wildman–Crippen MR) is 86.0 cm³/mol. The van der Waals surface area contributed by atoms with Crippen molar-refractivity contribution in [3.63, 3.8) is 0 Å². The molecule has 1 atom stereocenters. The summed E-state index contributed by atoms with van der Waals surface area (Å²) in [4.78, 5) is 0.423. The maximum absolute atomic E-state index is 12.6. The summed E-state index contributed by atoms with van der Waals surface area (Å²) < 4.78 is 26.8. The smallest absolute Gasteiger partial charge is 0.243 e. The van der Waals surface area contributed by atoms with Crippen molar-refractivity contribution >= 4 is 10.0 Å². The first-order chi connectivity index (χ1) is 9.91. The summed E-state index contributed by atoms with van der Waals surface area (Å²) >= 11 is 0. The highest BCUT2D eigenvalue weighted by molar-refractivity contribution is 7.89. The maximum atomic E-state index is 12.6. The first kappa shape index (κ1) is 16.5. The highest BCUT2D eigenvalue weighted by Gasteiger charge is 2.23. The van der Waals surface area contributed by atoms with Gasteiger partial charge in [-0.25, -0.2) is 12.7 Å². The molecule has 1 aliphatic rings. The van der Waals surface area contributed by atoms with Gasteiger partial charge in [0.1, 0.15) is 0 Å². The largest absolute Gasteiger partial charge is 0.314 e. The summed E-state index contributed by atoms with van der Waals surface area (Å²) in [7, 11) is -1.70. The van der Waals surface area contributed by atoms with Crippen LogP contribution in [0.3, 0.4) is 0 Å². The molecule has 0 saturated carbocycles. The highest BCUT2D eigenvalue weighted by atomic mass is 32.2. The van der Waals surface area contributed by atoms with Crippen molar-refractivity contribution in [2.45, 2.75) is 50.5 Å². The molecule has 0 amide bonds. The Morgan fingerprint density at radius 2 is 2.05 bits per heavy atom. The third-order valence-corrected chi connectivity index (χ3v) is 6.24. The van der Waals surface area contributed by atoms with E-state index in [2.05, 4.69) is 5.32 Å². The van der Waals surface area contributed by atoms with Crippen LogP contribution in [0.2, 0.25) is 0 Å². The van der Waals surface area contributed by atoms with Crippen LogP contribution in [0.1, 0.15) is 36.8 Å². The molecule has 0 aliphatic carbocycles. The Morgan fingerprint density at radius 1 is 1.29 bits per heavy atom.